The van der Waals surface area contributed by atoms with Crippen molar-refractivity contribution in [2.45, 2.75) is 12.8 Å². The number of hydrogen-bond acceptors (Lipinski definition) is 5. The van der Waals surface area contributed by atoms with E-state index in [1.54, 1.807) is 37.6 Å². The number of ether oxygens (including phenoxy) is 1. The fourth-order valence-electron chi connectivity index (χ4n) is 2.64. The molecule has 148 valence electrons. The Bertz CT molecular complexity index is 995. The van der Waals surface area contributed by atoms with Crippen molar-refractivity contribution in [3.63, 3.8) is 0 Å². The molecule has 3 aromatic rings. The first-order chi connectivity index (χ1) is 14.1. The van der Waals surface area contributed by atoms with Crippen LogP contribution in [0, 0.1) is 0 Å². The first-order valence-corrected chi connectivity index (χ1v) is 9.77. The Balaban J connectivity index is 1.53. The van der Waals surface area contributed by atoms with Gasteiger partial charge in [-0.3, -0.25) is 9.59 Å². The molecule has 0 aliphatic heterocycles. The van der Waals surface area contributed by atoms with Gasteiger partial charge in [0.05, 0.1) is 13.5 Å². The molecule has 0 radical (unpaired) electrons. The van der Waals surface area contributed by atoms with Gasteiger partial charge in [-0.2, -0.15) is 0 Å². The molecular formula is C22H21N3O3S. The van der Waals surface area contributed by atoms with Crippen LogP contribution in [0.3, 0.4) is 0 Å². The van der Waals surface area contributed by atoms with Crippen LogP contribution in [0.5, 0.6) is 5.75 Å². The maximum atomic E-state index is 12.3. The minimum absolute atomic E-state index is 0.141. The summed E-state index contributed by atoms with van der Waals surface area (Å²) in [7, 11) is 1.64. The zero-order valence-corrected chi connectivity index (χ0v) is 16.8. The topological polar surface area (TPSA) is 80.3 Å². The van der Waals surface area contributed by atoms with Crippen molar-refractivity contribution >= 4 is 34.0 Å². The zero-order chi connectivity index (χ0) is 20.6. The Labute approximate surface area is 173 Å². The van der Waals surface area contributed by atoms with Crippen molar-refractivity contribution in [2.24, 2.45) is 0 Å². The highest BCUT2D eigenvalue weighted by Crippen LogP contribution is 2.22. The molecule has 0 saturated carbocycles. The van der Waals surface area contributed by atoms with E-state index in [9.17, 15) is 9.59 Å². The Morgan fingerprint density at radius 3 is 2.41 bits per heavy atom. The van der Waals surface area contributed by atoms with Crippen LogP contribution in [-0.2, 0) is 22.4 Å². The van der Waals surface area contributed by atoms with Crippen molar-refractivity contribution in [2.75, 3.05) is 17.7 Å². The maximum absolute atomic E-state index is 12.3. The smallest absolute Gasteiger partial charge is 0.247 e. The first-order valence-electron chi connectivity index (χ1n) is 8.95. The van der Waals surface area contributed by atoms with Gasteiger partial charge in [-0.1, -0.05) is 30.8 Å². The third-order valence-corrected chi connectivity index (χ3v) is 5.02. The molecular weight excluding hydrogens is 386 g/mol. The monoisotopic (exact) mass is 407 g/mol. The van der Waals surface area contributed by atoms with Crippen LogP contribution in [0.1, 0.15) is 16.0 Å². The van der Waals surface area contributed by atoms with E-state index in [0.717, 1.165) is 28.2 Å². The van der Waals surface area contributed by atoms with Crippen LogP contribution in [0.15, 0.2) is 67.4 Å². The number of anilines is 2. The summed E-state index contributed by atoms with van der Waals surface area (Å²) in [6, 6.07) is 15.0. The average molecular weight is 407 g/mol. The summed E-state index contributed by atoms with van der Waals surface area (Å²) in [4.78, 5) is 28.9. The summed E-state index contributed by atoms with van der Waals surface area (Å²) >= 11 is 1.46. The van der Waals surface area contributed by atoms with Crippen LogP contribution in [0.2, 0.25) is 0 Å². The second-order valence-electron chi connectivity index (χ2n) is 6.27. The van der Waals surface area contributed by atoms with Gasteiger partial charge in [0.1, 0.15) is 5.75 Å². The number of amides is 2. The van der Waals surface area contributed by atoms with E-state index in [-0.39, 0.29) is 18.2 Å². The summed E-state index contributed by atoms with van der Waals surface area (Å²) in [5.74, 6) is 0.407. The number of carbonyl (C=O) groups excluding carboxylic acids is 2. The average Bonchev–Trinajstić information content (AvgIpc) is 3.16. The van der Waals surface area contributed by atoms with Crippen LogP contribution in [0.4, 0.5) is 10.8 Å². The predicted molar refractivity (Wildman–Crippen MR) is 116 cm³/mol. The second-order valence-corrected chi connectivity index (χ2v) is 7.39. The lowest BCUT2D eigenvalue weighted by Crippen LogP contribution is -2.14. The molecule has 7 heteroatoms. The predicted octanol–water partition coefficient (Wildman–Crippen LogP) is 4.05. The van der Waals surface area contributed by atoms with E-state index < -0.39 is 0 Å². The number of hydrogen-bond donors (Lipinski definition) is 2. The standard InChI is InChI=1S/C22H21N3O3S/c1-3-20(26)24-17-8-4-16(5-9-17)13-21(27)25-22-23-14-19(29-22)12-15-6-10-18(28-2)11-7-15/h3-11,14H,1,12-13H2,2H3,(H,24,26)(H,23,25,27). The number of rotatable bonds is 8. The second kappa shape index (κ2) is 9.66. The van der Waals surface area contributed by atoms with Gasteiger partial charge in [-0.25, -0.2) is 4.98 Å². The van der Waals surface area contributed by atoms with Gasteiger partial charge in [0.25, 0.3) is 0 Å². The lowest BCUT2D eigenvalue weighted by molar-refractivity contribution is -0.115. The maximum Gasteiger partial charge on any atom is 0.247 e. The van der Waals surface area contributed by atoms with Gasteiger partial charge in [0.2, 0.25) is 11.8 Å². The normalized spacial score (nSPS) is 10.2. The van der Waals surface area contributed by atoms with E-state index in [0.29, 0.717) is 10.8 Å². The van der Waals surface area contributed by atoms with Crippen molar-refractivity contribution in [3.8, 4) is 5.75 Å². The molecule has 0 unspecified atom stereocenters. The van der Waals surface area contributed by atoms with E-state index in [2.05, 4.69) is 22.2 Å². The molecule has 0 aliphatic carbocycles. The molecule has 0 saturated heterocycles. The van der Waals surface area contributed by atoms with E-state index in [1.807, 2.05) is 24.3 Å². The van der Waals surface area contributed by atoms with E-state index in [4.69, 9.17) is 4.74 Å². The molecule has 29 heavy (non-hydrogen) atoms. The molecule has 0 spiro atoms. The number of benzene rings is 2. The number of aromatic nitrogens is 1. The summed E-state index contributed by atoms with van der Waals surface area (Å²) in [5.41, 5.74) is 2.65. The van der Waals surface area contributed by atoms with Crippen molar-refractivity contribution in [1.82, 2.24) is 4.98 Å². The third kappa shape index (κ3) is 6.02. The highest BCUT2D eigenvalue weighted by atomic mass is 32.1. The largest absolute Gasteiger partial charge is 0.497 e. The lowest BCUT2D eigenvalue weighted by Gasteiger charge is -2.05. The number of carbonyl (C=O) groups is 2. The van der Waals surface area contributed by atoms with Crippen LogP contribution in [-0.4, -0.2) is 23.9 Å². The molecule has 3 rings (SSSR count). The molecule has 1 aromatic heterocycles. The minimum atomic E-state index is -0.273. The quantitative estimate of drug-likeness (QED) is 0.552. The molecule has 2 N–H and O–H groups in total. The molecule has 0 atom stereocenters. The Hall–Kier alpha value is -3.45. The fraction of sp³-hybridized carbons (Fsp3) is 0.136. The van der Waals surface area contributed by atoms with E-state index in [1.165, 1.54) is 17.4 Å². The summed E-state index contributed by atoms with van der Waals surface area (Å²) in [6.45, 7) is 3.41. The van der Waals surface area contributed by atoms with Crippen LogP contribution in [0.25, 0.3) is 0 Å². The van der Waals surface area contributed by atoms with Crippen molar-refractivity contribution < 1.29 is 14.3 Å². The third-order valence-electron chi connectivity index (χ3n) is 4.11. The fourth-order valence-corrected chi connectivity index (χ4v) is 3.50. The Morgan fingerprint density at radius 1 is 1.07 bits per heavy atom. The highest BCUT2D eigenvalue weighted by molar-refractivity contribution is 7.15. The van der Waals surface area contributed by atoms with Crippen molar-refractivity contribution in [1.29, 1.82) is 0 Å². The van der Waals surface area contributed by atoms with Gasteiger partial charge in [-0.05, 0) is 41.5 Å². The molecule has 2 amide bonds. The number of methoxy groups -OCH3 is 1. The van der Waals surface area contributed by atoms with Crippen LogP contribution >= 0.6 is 11.3 Å². The van der Waals surface area contributed by atoms with Gasteiger partial charge >= 0.3 is 0 Å². The summed E-state index contributed by atoms with van der Waals surface area (Å²) < 4.78 is 5.16. The van der Waals surface area contributed by atoms with Gasteiger partial charge in [-0.15, -0.1) is 11.3 Å². The molecule has 0 aliphatic rings. The summed E-state index contributed by atoms with van der Waals surface area (Å²) in [6.07, 6.45) is 3.96. The molecule has 1 heterocycles. The number of nitrogens with zero attached hydrogens (tertiary/aromatic N) is 1. The van der Waals surface area contributed by atoms with Crippen LogP contribution < -0.4 is 15.4 Å². The first kappa shape index (κ1) is 20.3. The SMILES string of the molecule is C=CC(=O)Nc1ccc(CC(=O)Nc2ncc(Cc3ccc(OC)cc3)s2)cc1. The lowest BCUT2D eigenvalue weighted by atomic mass is 10.1. The number of thiazole rings is 1. The Kier molecular flexibility index (Phi) is 6.76. The molecule has 0 bridgehead atoms. The zero-order valence-electron chi connectivity index (χ0n) is 16.0. The van der Waals surface area contributed by atoms with Gasteiger partial charge < -0.3 is 15.4 Å². The molecule has 0 fully saturated rings. The molecule has 6 nitrogen and oxygen atoms in total. The highest BCUT2D eigenvalue weighted by Gasteiger charge is 2.09. The Morgan fingerprint density at radius 2 is 1.76 bits per heavy atom. The molecule has 2 aromatic carbocycles. The van der Waals surface area contributed by atoms with Gasteiger partial charge in [0.15, 0.2) is 5.13 Å². The van der Waals surface area contributed by atoms with Gasteiger partial charge in [0, 0.05) is 23.2 Å². The minimum Gasteiger partial charge on any atom is -0.497 e. The number of nitrogens with one attached hydrogen (secondary N) is 2. The summed E-state index contributed by atoms with van der Waals surface area (Å²) in [5, 5.41) is 6.08. The van der Waals surface area contributed by atoms with E-state index >= 15 is 0 Å². The van der Waals surface area contributed by atoms with Crippen molar-refractivity contribution in [3.05, 3.63) is 83.4 Å².